The minimum absolute atomic E-state index is 0.185. The molecule has 0 saturated carbocycles. The number of amides is 1. The van der Waals surface area contributed by atoms with Crippen LogP contribution in [0.2, 0.25) is 0 Å². The van der Waals surface area contributed by atoms with E-state index in [2.05, 4.69) is 27.4 Å². The van der Waals surface area contributed by atoms with Gasteiger partial charge >= 0.3 is 0 Å². The van der Waals surface area contributed by atoms with Crippen molar-refractivity contribution in [1.82, 2.24) is 15.3 Å². The van der Waals surface area contributed by atoms with E-state index >= 15 is 0 Å². The summed E-state index contributed by atoms with van der Waals surface area (Å²) in [4.78, 5) is 22.1. The number of furan rings is 1. The standard InChI is InChI=1S/C24H21N3O3S/c1-16-3-11-21(12-4-16)31-24-23(25-13-14-26-24)30-19-9-6-18(7-10-19)22(28)27-15-20-8-5-17(2)29-20/h3-14H,15H2,1-2H3,(H,27,28). The van der Waals surface area contributed by atoms with Gasteiger partial charge in [0.25, 0.3) is 11.8 Å². The van der Waals surface area contributed by atoms with Gasteiger partial charge in [-0.05, 0) is 62.4 Å². The summed E-state index contributed by atoms with van der Waals surface area (Å²) in [5, 5.41) is 3.51. The second-order valence-corrected chi connectivity index (χ2v) is 7.97. The van der Waals surface area contributed by atoms with Gasteiger partial charge in [-0.1, -0.05) is 29.5 Å². The first-order valence-corrected chi connectivity index (χ1v) is 10.6. The molecule has 4 rings (SSSR count). The van der Waals surface area contributed by atoms with Crippen LogP contribution < -0.4 is 10.1 Å². The summed E-state index contributed by atoms with van der Waals surface area (Å²) >= 11 is 1.48. The second kappa shape index (κ2) is 9.49. The molecule has 0 aliphatic carbocycles. The molecule has 0 aliphatic heterocycles. The molecule has 0 saturated heterocycles. The molecule has 0 unspecified atom stereocenters. The zero-order valence-corrected chi connectivity index (χ0v) is 18.0. The molecule has 1 N–H and O–H groups in total. The molecular weight excluding hydrogens is 410 g/mol. The maximum Gasteiger partial charge on any atom is 0.252 e. The van der Waals surface area contributed by atoms with Gasteiger partial charge in [-0.2, -0.15) is 0 Å². The summed E-state index contributed by atoms with van der Waals surface area (Å²) in [6.07, 6.45) is 3.23. The molecule has 0 aliphatic rings. The largest absolute Gasteiger partial charge is 0.465 e. The average molecular weight is 432 g/mol. The smallest absolute Gasteiger partial charge is 0.252 e. The van der Waals surface area contributed by atoms with E-state index in [4.69, 9.17) is 9.15 Å². The highest BCUT2D eigenvalue weighted by Gasteiger charge is 2.11. The molecule has 0 bridgehead atoms. The van der Waals surface area contributed by atoms with Crippen LogP contribution in [0.3, 0.4) is 0 Å². The molecule has 0 radical (unpaired) electrons. The number of carbonyl (C=O) groups is 1. The van der Waals surface area contributed by atoms with Crippen molar-refractivity contribution < 1.29 is 13.9 Å². The van der Waals surface area contributed by atoms with Gasteiger partial charge in [-0.3, -0.25) is 4.79 Å². The molecule has 0 fully saturated rings. The number of benzene rings is 2. The molecule has 31 heavy (non-hydrogen) atoms. The topological polar surface area (TPSA) is 77.2 Å². The van der Waals surface area contributed by atoms with E-state index < -0.39 is 0 Å². The molecule has 2 heterocycles. The van der Waals surface area contributed by atoms with Crippen LogP contribution in [-0.4, -0.2) is 15.9 Å². The van der Waals surface area contributed by atoms with Gasteiger partial charge in [0.2, 0.25) is 0 Å². The van der Waals surface area contributed by atoms with Crippen molar-refractivity contribution in [2.24, 2.45) is 0 Å². The fourth-order valence-corrected chi connectivity index (χ4v) is 3.60. The molecule has 1 amide bonds. The second-order valence-electron chi connectivity index (χ2n) is 6.90. The first-order chi connectivity index (χ1) is 15.1. The fourth-order valence-electron chi connectivity index (χ4n) is 2.81. The van der Waals surface area contributed by atoms with Gasteiger partial charge in [0.15, 0.2) is 5.03 Å². The summed E-state index contributed by atoms with van der Waals surface area (Å²) in [7, 11) is 0. The van der Waals surface area contributed by atoms with Gasteiger partial charge in [0.1, 0.15) is 17.3 Å². The maximum absolute atomic E-state index is 12.4. The molecule has 4 aromatic rings. The Morgan fingerprint density at radius 2 is 1.71 bits per heavy atom. The molecule has 2 aromatic carbocycles. The van der Waals surface area contributed by atoms with Crippen molar-refractivity contribution >= 4 is 17.7 Å². The van der Waals surface area contributed by atoms with Crippen LogP contribution >= 0.6 is 11.8 Å². The Labute approximate surface area is 184 Å². The van der Waals surface area contributed by atoms with E-state index in [-0.39, 0.29) is 5.91 Å². The number of nitrogens with zero attached hydrogens (tertiary/aromatic N) is 2. The summed E-state index contributed by atoms with van der Waals surface area (Å²) in [5.74, 6) is 2.33. The summed E-state index contributed by atoms with van der Waals surface area (Å²) in [5.41, 5.74) is 1.73. The van der Waals surface area contributed by atoms with Crippen molar-refractivity contribution in [2.45, 2.75) is 30.3 Å². The highest BCUT2D eigenvalue weighted by atomic mass is 32.2. The van der Waals surface area contributed by atoms with Crippen LogP contribution in [0.25, 0.3) is 0 Å². The van der Waals surface area contributed by atoms with Crippen molar-refractivity contribution in [3.8, 4) is 11.6 Å². The van der Waals surface area contributed by atoms with Crippen LogP contribution in [0.5, 0.6) is 11.6 Å². The predicted octanol–water partition coefficient (Wildman–Crippen LogP) is 5.56. The van der Waals surface area contributed by atoms with Gasteiger partial charge in [0.05, 0.1) is 6.54 Å². The first-order valence-electron chi connectivity index (χ1n) is 9.74. The lowest BCUT2D eigenvalue weighted by molar-refractivity contribution is 0.0948. The molecule has 0 spiro atoms. The quantitative estimate of drug-likeness (QED) is 0.413. The van der Waals surface area contributed by atoms with Crippen LogP contribution in [-0.2, 0) is 6.54 Å². The zero-order chi connectivity index (χ0) is 21.6. The van der Waals surface area contributed by atoms with E-state index in [1.165, 1.54) is 17.3 Å². The first kappa shape index (κ1) is 20.7. The lowest BCUT2D eigenvalue weighted by Gasteiger charge is -2.09. The molecule has 7 heteroatoms. The third kappa shape index (κ3) is 5.52. The summed E-state index contributed by atoms with van der Waals surface area (Å²) in [6.45, 7) is 4.25. The normalized spacial score (nSPS) is 10.6. The molecule has 6 nitrogen and oxygen atoms in total. The molecule has 2 aromatic heterocycles. The number of hydrogen-bond acceptors (Lipinski definition) is 6. The van der Waals surface area contributed by atoms with E-state index in [0.717, 1.165) is 10.7 Å². The van der Waals surface area contributed by atoms with E-state index in [1.54, 1.807) is 36.7 Å². The highest BCUT2D eigenvalue weighted by Crippen LogP contribution is 2.33. The minimum Gasteiger partial charge on any atom is -0.465 e. The third-order valence-corrected chi connectivity index (χ3v) is 5.40. The Balaban J connectivity index is 1.41. The molecule has 0 atom stereocenters. The molecule has 156 valence electrons. The predicted molar refractivity (Wildman–Crippen MR) is 118 cm³/mol. The van der Waals surface area contributed by atoms with Crippen molar-refractivity contribution in [3.63, 3.8) is 0 Å². The Morgan fingerprint density at radius 3 is 2.42 bits per heavy atom. The van der Waals surface area contributed by atoms with Crippen molar-refractivity contribution in [2.75, 3.05) is 0 Å². The van der Waals surface area contributed by atoms with E-state index in [1.807, 2.05) is 38.1 Å². The van der Waals surface area contributed by atoms with Crippen LogP contribution in [0, 0.1) is 13.8 Å². The highest BCUT2D eigenvalue weighted by molar-refractivity contribution is 7.99. The minimum atomic E-state index is -0.185. The summed E-state index contributed by atoms with van der Waals surface area (Å²) < 4.78 is 11.4. The monoisotopic (exact) mass is 431 g/mol. The summed E-state index contributed by atoms with van der Waals surface area (Å²) in [6, 6.07) is 18.8. The van der Waals surface area contributed by atoms with Gasteiger partial charge in [0, 0.05) is 22.9 Å². The maximum atomic E-state index is 12.4. The number of carbonyl (C=O) groups excluding carboxylic acids is 1. The lowest BCUT2D eigenvalue weighted by atomic mass is 10.2. The number of aryl methyl sites for hydroxylation is 2. The Morgan fingerprint density at radius 1 is 0.968 bits per heavy atom. The number of hydrogen-bond donors (Lipinski definition) is 1. The SMILES string of the molecule is Cc1ccc(Sc2nccnc2Oc2ccc(C(=O)NCc3ccc(C)o3)cc2)cc1. The molecular formula is C24H21N3O3S. The number of nitrogens with one attached hydrogen (secondary N) is 1. The average Bonchev–Trinajstić information content (AvgIpc) is 3.20. The zero-order valence-electron chi connectivity index (χ0n) is 17.2. The number of ether oxygens (including phenoxy) is 1. The fraction of sp³-hybridized carbons (Fsp3) is 0.125. The third-order valence-electron chi connectivity index (χ3n) is 4.42. The van der Waals surface area contributed by atoms with Crippen molar-refractivity contribution in [1.29, 1.82) is 0 Å². The van der Waals surface area contributed by atoms with Crippen molar-refractivity contribution in [3.05, 3.63) is 95.7 Å². The van der Waals surface area contributed by atoms with Gasteiger partial charge < -0.3 is 14.5 Å². The van der Waals surface area contributed by atoms with Gasteiger partial charge in [-0.15, -0.1) is 0 Å². The van der Waals surface area contributed by atoms with Gasteiger partial charge in [-0.25, -0.2) is 9.97 Å². The van der Waals surface area contributed by atoms with Crippen LogP contribution in [0.4, 0.5) is 0 Å². The van der Waals surface area contributed by atoms with E-state index in [9.17, 15) is 4.79 Å². The van der Waals surface area contributed by atoms with Crippen LogP contribution in [0.1, 0.15) is 27.4 Å². The van der Waals surface area contributed by atoms with Crippen LogP contribution in [0.15, 0.2) is 87.4 Å². The number of aromatic nitrogens is 2. The Bertz CT molecular complexity index is 1170. The number of rotatable bonds is 7. The Hall–Kier alpha value is -3.58. The van der Waals surface area contributed by atoms with E-state index in [0.29, 0.717) is 34.5 Å². The Kier molecular flexibility index (Phi) is 6.33. The lowest BCUT2D eigenvalue weighted by Crippen LogP contribution is -2.22.